The first-order chi connectivity index (χ1) is 6.72. The van der Waals surface area contributed by atoms with Gasteiger partial charge in [0.25, 0.3) is 0 Å². The summed E-state index contributed by atoms with van der Waals surface area (Å²) in [7, 11) is 0. The Labute approximate surface area is 80.1 Å². The molecule has 0 amide bonds. The highest BCUT2D eigenvalue weighted by atomic mass is 16.6. The van der Waals surface area contributed by atoms with Gasteiger partial charge < -0.3 is 9.47 Å². The van der Waals surface area contributed by atoms with Crippen molar-refractivity contribution in [1.29, 1.82) is 0 Å². The van der Waals surface area contributed by atoms with Gasteiger partial charge in [0.1, 0.15) is 18.3 Å². The zero-order chi connectivity index (χ0) is 10.1. The first kappa shape index (κ1) is 9.05. The van der Waals surface area contributed by atoms with Crippen molar-refractivity contribution in [3.8, 4) is 0 Å². The Balaban J connectivity index is 2.04. The lowest BCUT2D eigenvalue weighted by molar-refractivity contribution is -0.145. The molecule has 74 valence electrons. The quantitative estimate of drug-likeness (QED) is 0.164. The second-order valence-electron chi connectivity index (χ2n) is 3.22. The van der Waals surface area contributed by atoms with E-state index in [1.165, 1.54) is 6.92 Å². The Kier molecular flexibility index (Phi) is 2.15. The van der Waals surface area contributed by atoms with Gasteiger partial charge in [-0.2, -0.15) is 0 Å². The normalized spacial score (nSPS) is 38.1. The molecule has 4 atom stereocenters. The number of carbonyl (C=O) groups is 1. The number of epoxide rings is 1. The lowest BCUT2D eigenvalue weighted by atomic mass is 10.0. The summed E-state index contributed by atoms with van der Waals surface area (Å²) in [6.07, 6.45) is 2.82. The van der Waals surface area contributed by atoms with Gasteiger partial charge in [-0.3, -0.25) is 4.79 Å². The molecule has 0 aromatic heterocycles. The summed E-state index contributed by atoms with van der Waals surface area (Å²) >= 11 is 0. The molecule has 6 heteroatoms. The van der Waals surface area contributed by atoms with E-state index in [1.807, 2.05) is 0 Å². The number of azide groups is 1. The third-order valence-corrected chi connectivity index (χ3v) is 2.21. The van der Waals surface area contributed by atoms with Crippen LogP contribution in [0.25, 0.3) is 10.4 Å². The maximum Gasteiger partial charge on any atom is 0.303 e. The van der Waals surface area contributed by atoms with Gasteiger partial charge in [-0.15, -0.1) is 0 Å². The lowest BCUT2D eigenvalue weighted by Gasteiger charge is -2.15. The van der Waals surface area contributed by atoms with Crippen LogP contribution in [0.15, 0.2) is 17.3 Å². The summed E-state index contributed by atoms with van der Waals surface area (Å²) < 4.78 is 10.2. The topological polar surface area (TPSA) is 87.6 Å². The summed E-state index contributed by atoms with van der Waals surface area (Å²) in [5.74, 6) is -0.337. The second-order valence-corrected chi connectivity index (χ2v) is 3.22. The predicted octanol–water partition coefficient (Wildman–Crippen LogP) is 0.934. The Bertz CT molecular complexity index is 335. The molecule has 0 radical (unpaired) electrons. The van der Waals surface area contributed by atoms with E-state index < -0.39 is 0 Å². The SMILES string of the molecule is CC(=O)O[C@@H]1C=C[C@H](N=[N+]=[N-])[C@@H]2O[C@@H]21. The summed E-state index contributed by atoms with van der Waals surface area (Å²) in [4.78, 5) is 13.4. The molecule has 1 fully saturated rings. The third kappa shape index (κ3) is 1.57. The van der Waals surface area contributed by atoms with Crippen LogP contribution in [0.2, 0.25) is 0 Å². The van der Waals surface area contributed by atoms with E-state index in [1.54, 1.807) is 12.2 Å². The first-order valence-electron chi connectivity index (χ1n) is 4.27. The summed E-state index contributed by atoms with van der Waals surface area (Å²) in [6.45, 7) is 1.35. The van der Waals surface area contributed by atoms with E-state index in [-0.39, 0.29) is 30.3 Å². The number of hydrogen-bond acceptors (Lipinski definition) is 4. The number of nitrogens with zero attached hydrogens (tertiary/aromatic N) is 3. The Hall–Kier alpha value is -1.52. The van der Waals surface area contributed by atoms with Crippen molar-refractivity contribution in [1.82, 2.24) is 0 Å². The largest absolute Gasteiger partial charge is 0.455 e. The van der Waals surface area contributed by atoms with E-state index in [2.05, 4.69) is 10.0 Å². The van der Waals surface area contributed by atoms with Crippen LogP contribution in [0.1, 0.15) is 6.92 Å². The Morgan fingerprint density at radius 2 is 2.36 bits per heavy atom. The van der Waals surface area contributed by atoms with Crippen LogP contribution in [0.5, 0.6) is 0 Å². The Morgan fingerprint density at radius 3 is 3.00 bits per heavy atom. The zero-order valence-corrected chi connectivity index (χ0v) is 7.53. The summed E-state index contributed by atoms with van der Waals surface area (Å²) in [5.41, 5.74) is 8.25. The van der Waals surface area contributed by atoms with Gasteiger partial charge in [-0.25, -0.2) is 0 Å². The molecule has 0 aromatic carbocycles. The average Bonchev–Trinajstić information content (AvgIpc) is 2.88. The van der Waals surface area contributed by atoms with E-state index in [0.29, 0.717) is 0 Å². The number of esters is 1. The molecule has 0 unspecified atom stereocenters. The maximum atomic E-state index is 10.7. The molecule has 0 aromatic rings. The molecular weight excluding hydrogens is 186 g/mol. The van der Waals surface area contributed by atoms with E-state index >= 15 is 0 Å². The lowest BCUT2D eigenvalue weighted by Crippen LogP contribution is -2.28. The molecule has 0 saturated carbocycles. The standard InChI is InChI=1S/C8H9N3O3/c1-4(12)13-6-3-2-5(10-11-9)7-8(6)14-7/h2-3,5-8H,1H3/t5-,6+,7-,8+/m0/s1. The minimum absolute atomic E-state index is 0.125. The van der Waals surface area contributed by atoms with Crippen LogP contribution in [-0.2, 0) is 14.3 Å². The van der Waals surface area contributed by atoms with Crippen LogP contribution in [0.4, 0.5) is 0 Å². The minimum Gasteiger partial charge on any atom is -0.455 e. The molecular formula is C8H9N3O3. The van der Waals surface area contributed by atoms with Gasteiger partial charge in [0.05, 0.1) is 6.04 Å². The van der Waals surface area contributed by atoms with Crippen LogP contribution in [0, 0.1) is 0 Å². The number of fused-ring (bicyclic) bond motifs is 1. The minimum atomic E-state index is -0.337. The number of hydrogen-bond donors (Lipinski definition) is 0. The fraction of sp³-hybridized carbons (Fsp3) is 0.625. The molecule has 2 aliphatic rings. The highest BCUT2D eigenvalue weighted by Crippen LogP contribution is 2.36. The highest BCUT2D eigenvalue weighted by Gasteiger charge is 2.51. The van der Waals surface area contributed by atoms with Crippen molar-refractivity contribution in [2.45, 2.75) is 31.3 Å². The van der Waals surface area contributed by atoms with Gasteiger partial charge in [0, 0.05) is 11.8 Å². The van der Waals surface area contributed by atoms with Crippen molar-refractivity contribution in [2.75, 3.05) is 0 Å². The van der Waals surface area contributed by atoms with E-state index in [4.69, 9.17) is 15.0 Å². The third-order valence-electron chi connectivity index (χ3n) is 2.21. The van der Waals surface area contributed by atoms with Crippen molar-refractivity contribution < 1.29 is 14.3 Å². The van der Waals surface area contributed by atoms with Crippen molar-refractivity contribution in [2.24, 2.45) is 5.11 Å². The van der Waals surface area contributed by atoms with Gasteiger partial charge in [-0.05, 0) is 11.6 Å². The van der Waals surface area contributed by atoms with E-state index in [9.17, 15) is 4.79 Å². The molecule has 6 nitrogen and oxygen atoms in total. The van der Waals surface area contributed by atoms with Crippen LogP contribution in [-0.4, -0.2) is 30.3 Å². The summed E-state index contributed by atoms with van der Waals surface area (Å²) in [6, 6.07) is -0.267. The zero-order valence-electron chi connectivity index (χ0n) is 7.53. The highest BCUT2D eigenvalue weighted by molar-refractivity contribution is 5.66. The number of carbonyl (C=O) groups excluding carboxylic acids is 1. The molecule has 2 rings (SSSR count). The summed E-state index contributed by atoms with van der Waals surface area (Å²) in [5, 5.41) is 3.55. The molecule has 1 heterocycles. The molecule has 14 heavy (non-hydrogen) atoms. The smallest absolute Gasteiger partial charge is 0.303 e. The van der Waals surface area contributed by atoms with Crippen LogP contribution < -0.4 is 0 Å². The molecule has 0 spiro atoms. The van der Waals surface area contributed by atoms with Crippen LogP contribution in [0.3, 0.4) is 0 Å². The van der Waals surface area contributed by atoms with Crippen molar-refractivity contribution in [3.63, 3.8) is 0 Å². The fourth-order valence-electron chi connectivity index (χ4n) is 1.58. The second kappa shape index (κ2) is 3.32. The van der Waals surface area contributed by atoms with Gasteiger partial charge >= 0.3 is 5.97 Å². The first-order valence-corrected chi connectivity index (χ1v) is 4.27. The number of ether oxygens (including phenoxy) is 2. The molecule has 0 bridgehead atoms. The molecule has 0 N–H and O–H groups in total. The van der Waals surface area contributed by atoms with Crippen LogP contribution >= 0.6 is 0 Å². The number of rotatable bonds is 2. The molecule has 1 saturated heterocycles. The maximum absolute atomic E-state index is 10.7. The predicted molar refractivity (Wildman–Crippen MR) is 46.3 cm³/mol. The van der Waals surface area contributed by atoms with Gasteiger partial charge in [-0.1, -0.05) is 11.2 Å². The fourth-order valence-corrected chi connectivity index (χ4v) is 1.58. The van der Waals surface area contributed by atoms with Gasteiger partial charge in [0.2, 0.25) is 0 Å². The van der Waals surface area contributed by atoms with Gasteiger partial charge in [0.15, 0.2) is 0 Å². The molecule has 1 aliphatic carbocycles. The Morgan fingerprint density at radius 1 is 1.57 bits per heavy atom. The monoisotopic (exact) mass is 195 g/mol. The van der Waals surface area contributed by atoms with E-state index in [0.717, 1.165) is 0 Å². The van der Waals surface area contributed by atoms with Crippen molar-refractivity contribution >= 4 is 5.97 Å². The average molecular weight is 195 g/mol. The molecule has 1 aliphatic heterocycles. The van der Waals surface area contributed by atoms with Crippen molar-refractivity contribution in [3.05, 3.63) is 22.6 Å².